The summed E-state index contributed by atoms with van der Waals surface area (Å²) < 4.78 is 26.9. The number of esters is 1. The first-order chi connectivity index (χ1) is 12.0. The van der Waals surface area contributed by atoms with Gasteiger partial charge in [-0.15, -0.1) is 0 Å². The normalized spacial score (nSPS) is 10.9. The average Bonchev–Trinajstić information content (AvgIpc) is 3.04. The summed E-state index contributed by atoms with van der Waals surface area (Å²) in [5, 5.41) is 4.51. The molecule has 0 amide bonds. The highest BCUT2D eigenvalue weighted by molar-refractivity contribution is 9.10. The van der Waals surface area contributed by atoms with Gasteiger partial charge in [0.25, 0.3) is 0 Å². The highest BCUT2D eigenvalue weighted by Crippen LogP contribution is 2.32. The zero-order valence-electron chi connectivity index (χ0n) is 14.0. The molecule has 0 bridgehead atoms. The summed E-state index contributed by atoms with van der Waals surface area (Å²) in [6, 6.07) is 8.18. The Morgan fingerprint density at radius 2 is 2.04 bits per heavy atom. The minimum Gasteiger partial charge on any atom is -0.494 e. The van der Waals surface area contributed by atoms with Crippen molar-refractivity contribution < 1.29 is 18.7 Å². The summed E-state index contributed by atoms with van der Waals surface area (Å²) in [6.07, 6.45) is 0.633. The molecule has 0 saturated heterocycles. The number of benzene rings is 1. The summed E-state index contributed by atoms with van der Waals surface area (Å²) in [5.74, 6) is -0.532. The van der Waals surface area contributed by atoms with E-state index in [9.17, 15) is 9.18 Å². The molecule has 3 aromatic rings. The Morgan fingerprint density at radius 3 is 2.64 bits per heavy atom. The largest absolute Gasteiger partial charge is 0.494 e. The summed E-state index contributed by atoms with van der Waals surface area (Å²) in [5.41, 5.74) is 2.52. The van der Waals surface area contributed by atoms with Crippen LogP contribution in [0.4, 0.5) is 4.39 Å². The van der Waals surface area contributed by atoms with Crippen molar-refractivity contribution in [3.05, 3.63) is 51.9 Å². The molecule has 3 rings (SSSR count). The number of carbonyl (C=O) groups excluding carboxylic acids is 1. The van der Waals surface area contributed by atoms with Crippen LogP contribution in [0.15, 0.2) is 34.8 Å². The fraction of sp³-hybridized carbons (Fsp3) is 0.222. The third kappa shape index (κ3) is 3.00. The minimum atomic E-state index is -0.494. The molecule has 7 heteroatoms. The predicted molar refractivity (Wildman–Crippen MR) is 95.6 cm³/mol. The van der Waals surface area contributed by atoms with Crippen molar-refractivity contribution in [3.8, 4) is 17.0 Å². The highest BCUT2D eigenvalue weighted by Gasteiger charge is 2.21. The first-order valence-electron chi connectivity index (χ1n) is 7.63. The maximum Gasteiger partial charge on any atom is 0.341 e. The molecule has 0 aliphatic heterocycles. The van der Waals surface area contributed by atoms with Gasteiger partial charge in [0.1, 0.15) is 16.9 Å². The van der Waals surface area contributed by atoms with Gasteiger partial charge in [0.05, 0.1) is 19.9 Å². The number of ether oxygens (including phenoxy) is 2. The monoisotopic (exact) mass is 406 g/mol. The van der Waals surface area contributed by atoms with Crippen LogP contribution in [0.25, 0.3) is 16.8 Å². The second-order valence-corrected chi connectivity index (χ2v) is 6.29. The smallest absolute Gasteiger partial charge is 0.341 e. The second kappa shape index (κ2) is 6.84. The lowest BCUT2D eigenvalue weighted by Crippen LogP contribution is -2.09. The summed E-state index contributed by atoms with van der Waals surface area (Å²) in [4.78, 5) is 12.1. The Morgan fingerprint density at radius 1 is 1.28 bits per heavy atom. The lowest BCUT2D eigenvalue weighted by molar-refractivity contribution is 0.0597. The van der Waals surface area contributed by atoms with E-state index < -0.39 is 5.97 Å². The number of carbonyl (C=O) groups is 1. The Bertz CT molecular complexity index is 969. The van der Waals surface area contributed by atoms with Gasteiger partial charge in [-0.05, 0) is 36.8 Å². The summed E-state index contributed by atoms with van der Waals surface area (Å²) in [6.45, 7) is 1.95. The molecule has 2 aromatic heterocycles. The van der Waals surface area contributed by atoms with Crippen molar-refractivity contribution in [2.75, 3.05) is 14.2 Å². The van der Waals surface area contributed by atoms with Crippen LogP contribution in [-0.4, -0.2) is 29.8 Å². The van der Waals surface area contributed by atoms with Gasteiger partial charge in [0, 0.05) is 15.7 Å². The zero-order valence-corrected chi connectivity index (χ0v) is 15.6. The van der Waals surface area contributed by atoms with E-state index in [1.54, 1.807) is 28.8 Å². The molecule has 0 aliphatic rings. The number of fused-ring (bicyclic) bond motifs is 1. The fourth-order valence-electron chi connectivity index (χ4n) is 2.75. The fourth-order valence-corrected chi connectivity index (χ4v) is 3.08. The summed E-state index contributed by atoms with van der Waals surface area (Å²) >= 11 is 3.25. The molecule has 130 valence electrons. The number of halogens is 2. The third-order valence-corrected chi connectivity index (χ3v) is 4.44. The highest BCUT2D eigenvalue weighted by atomic mass is 79.9. The van der Waals surface area contributed by atoms with Crippen molar-refractivity contribution in [3.63, 3.8) is 0 Å². The topological polar surface area (TPSA) is 52.8 Å². The van der Waals surface area contributed by atoms with E-state index in [1.165, 1.54) is 20.3 Å². The van der Waals surface area contributed by atoms with Crippen LogP contribution in [0.1, 0.15) is 23.0 Å². The molecule has 1 aromatic carbocycles. The number of methoxy groups -OCH3 is 2. The Kier molecular flexibility index (Phi) is 4.76. The SMILES string of the molecule is CCc1cc(C(=O)OC)c(OC)c2cc(-c3ccc(Br)cc3F)nn12. The van der Waals surface area contributed by atoms with E-state index in [0.29, 0.717) is 39.0 Å². The van der Waals surface area contributed by atoms with Crippen LogP contribution in [0.3, 0.4) is 0 Å². The van der Waals surface area contributed by atoms with Gasteiger partial charge >= 0.3 is 5.97 Å². The maximum atomic E-state index is 14.3. The van der Waals surface area contributed by atoms with E-state index in [0.717, 1.165) is 5.69 Å². The minimum absolute atomic E-state index is 0.317. The van der Waals surface area contributed by atoms with Crippen molar-refractivity contribution in [1.82, 2.24) is 9.61 Å². The zero-order chi connectivity index (χ0) is 18.1. The van der Waals surface area contributed by atoms with E-state index in [1.807, 2.05) is 6.92 Å². The van der Waals surface area contributed by atoms with Crippen LogP contribution in [0.5, 0.6) is 5.75 Å². The van der Waals surface area contributed by atoms with Crippen molar-refractivity contribution in [1.29, 1.82) is 0 Å². The van der Waals surface area contributed by atoms with E-state index in [-0.39, 0.29) is 5.82 Å². The Labute approximate surface area is 152 Å². The number of nitrogens with zero attached hydrogens (tertiary/aromatic N) is 2. The lowest BCUT2D eigenvalue weighted by atomic mass is 10.1. The molecule has 0 aliphatic carbocycles. The molecule has 0 radical (unpaired) electrons. The third-order valence-electron chi connectivity index (χ3n) is 3.95. The van der Waals surface area contributed by atoms with Crippen molar-refractivity contribution >= 4 is 27.4 Å². The number of hydrogen-bond acceptors (Lipinski definition) is 4. The molecule has 0 unspecified atom stereocenters. The van der Waals surface area contributed by atoms with Gasteiger partial charge in [-0.1, -0.05) is 22.9 Å². The van der Waals surface area contributed by atoms with Crippen molar-refractivity contribution in [2.45, 2.75) is 13.3 Å². The Balaban J connectivity index is 2.30. The van der Waals surface area contributed by atoms with Crippen LogP contribution >= 0.6 is 15.9 Å². The number of aromatic nitrogens is 2. The molecular formula is C18H16BrFN2O3. The van der Waals surface area contributed by atoms with Gasteiger partial charge in [-0.25, -0.2) is 13.7 Å². The first-order valence-corrected chi connectivity index (χ1v) is 8.42. The van der Waals surface area contributed by atoms with Gasteiger partial charge in [-0.2, -0.15) is 5.10 Å². The van der Waals surface area contributed by atoms with Gasteiger partial charge < -0.3 is 9.47 Å². The lowest BCUT2D eigenvalue weighted by Gasteiger charge is -2.11. The van der Waals surface area contributed by atoms with Gasteiger partial charge in [0.15, 0.2) is 5.75 Å². The maximum absolute atomic E-state index is 14.3. The van der Waals surface area contributed by atoms with Crippen LogP contribution in [0.2, 0.25) is 0 Å². The quantitative estimate of drug-likeness (QED) is 0.607. The molecule has 25 heavy (non-hydrogen) atoms. The second-order valence-electron chi connectivity index (χ2n) is 5.38. The van der Waals surface area contributed by atoms with Crippen LogP contribution < -0.4 is 4.74 Å². The van der Waals surface area contributed by atoms with Gasteiger partial charge in [-0.3, -0.25) is 0 Å². The molecule has 0 atom stereocenters. The number of aryl methyl sites for hydroxylation is 1. The van der Waals surface area contributed by atoms with E-state index in [2.05, 4.69) is 21.0 Å². The van der Waals surface area contributed by atoms with Crippen LogP contribution in [-0.2, 0) is 11.2 Å². The summed E-state index contributed by atoms with van der Waals surface area (Å²) in [7, 11) is 2.79. The molecule has 2 heterocycles. The molecule has 0 saturated carbocycles. The molecule has 0 fully saturated rings. The molecule has 5 nitrogen and oxygen atoms in total. The van der Waals surface area contributed by atoms with E-state index >= 15 is 0 Å². The number of hydrogen-bond donors (Lipinski definition) is 0. The van der Waals surface area contributed by atoms with Gasteiger partial charge in [0.2, 0.25) is 0 Å². The number of rotatable bonds is 4. The average molecular weight is 407 g/mol. The number of pyridine rings is 1. The van der Waals surface area contributed by atoms with E-state index in [4.69, 9.17) is 9.47 Å². The first kappa shape index (κ1) is 17.4. The van der Waals surface area contributed by atoms with Crippen molar-refractivity contribution in [2.24, 2.45) is 0 Å². The standard InChI is InChI=1S/C18H16BrFN2O3/c1-4-11-8-13(18(23)25-3)17(24-2)16-9-15(21-22(11)16)12-6-5-10(19)7-14(12)20/h5-9H,4H2,1-3H3. The van der Waals surface area contributed by atoms with Crippen LogP contribution in [0, 0.1) is 5.82 Å². The Hall–Kier alpha value is -2.41. The predicted octanol–water partition coefficient (Wildman–Crippen LogP) is 4.26. The molecule has 0 N–H and O–H groups in total. The molecule has 0 spiro atoms. The molecular weight excluding hydrogens is 391 g/mol.